The fourth-order valence-electron chi connectivity index (χ4n) is 3.41. The van der Waals surface area contributed by atoms with Gasteiger partial charge in [-0.15, -0.1) is 0 Å². The van der Waals surface area contributed by atoms with Gasteiger partial charge in [-0.3, -0.25) is 20.6 Å². The molecule has 3 aromatic rings. The van der Waals surface area contributed by atoms with Gasteiger partial charge >= 0.3 is 176 Å². The molecular weight excluding hydrogens is 570 g/mol. The van der Waals surface area contributed by atoms with Crippen molar-refractivity contribution >= 4 is 37.5 Å². The van der Waals surface area contributed by atoms with Crippen molar-refractivity contribution in [3.05, 3.63) is 108 Å². The van der Waals surface area contributed by atoms with E-state index in [9.17, 15) is 0 Å². The molecule has 0 radical (unpaired) electrons. The van der Waals surface area contributed by atoms with Crippen LogP contribution in [0.4, 0.5) is 0 Å². The molecule has 3 aromatic carbocycles. The molecule has 0 amide bonds. The Morgan fingerprint density at radius 2 is 0.744 bits per heavy atom. The number of hydrogen-bond acceptors (Lipinski definition) is 9. The van der Waals surface area contributed by atoms with E-state index in [2.05, 4.69) is 15.5 Å². The van der Waals surface area contributed by atoms with Crippen molar-refractivity contribution in [2.24, 2.45) is 26.9 Å². The second-order valence-electron chi connectivity index (χ2n) is 10.2. The molecular formula is C29H37N7O6Si. The van der Waals surface area contributed by atoms with E-state index in [1.807, 2.05) is 106 Å². The zero-order valence-corrected chi connectivity index (χ0v) is 26.0. The van der Waals surface area contributed by atoms with Crippen molar-refractivity contribution < 1.29 is 36.0 Å². The van der Waals surface area contributed by atoms with Crippen LogP contribution in [0.1, 0.15) is 30.5 Å². The van der Waals surface area contributed by atoms with Crippen LogP contribution in [0, 0.1) is 0 Å². The van der Waals surface area contributed by atoms with Crippen LogP contribution in [0.15, 0.2) is 106 Å². The summed E-state index contributed by atoms with van der Waals surface area (Å²) in [6.07, 6.45) is 0. The van der Waals surface area contributed by atoms with Gasteiger partial charge < -0.3 is 0 Å². The zero-order valence-electron chi connectivity index (χ0n) is 25.0. The first-order valence-corrected chi connectivity index (χ1v) is 15.8. The van der Waals surface area contributed by atoms with Gasteiger partial charge in [0.1, 0.15) is 0 Å². The van der Waals surface area contributed by atoms with Gasteiger partial charge in [-0.1, -0.05) is 0 Å². The number of rotatable bonds is 3. The molecule has 0 saturated carbocycles. The van der Waals surface area contributed by atoms with Crippen molar-refractivity contribution in [3.63, 3.8) is 0 Å². The molecule has 43 heavy (non-hydrogen) atoms. The van der Waals surface area contributed by atoms with Crippen LogP contribution in [0.25, 0.3) is 0 Å². The molecule has 14 heteroatoms. The number of oxime groups is 3. The third kappa shape index (κ3) is 6.28. The summed E-state index contributed by atoms with van der Waals surface area (Å²) < 4.78 is 39.2. The summed E-state index contributed by atoms with van der Waals surface area (Å²) in [6.45, 7) is 3.72. The summed E-state index contributed by atoms with van der Waals surface area (Å²) in [7, 11) is 1.36. The molecule has 228 valence electrons. The van der Waals surface area contributed by atoms with Crippen molar-refractivity contribution in [1.82, 2.24) is 0 Å². The summed E-state index contributed by atoms with van der Waals surface area (Å²) in [5, 5.41) is 12.1. The predicted molar refractivity (Wildman–Crippen MR) is 165 cm³/mol. The molecule has 0 bridgehead atoms. The fourth-order valence-corrected chi connectivity index (χ4v) is 6.43. The maximum atomic E-state index is 6.10. The van der Waals surface area contributed by atoms with E-state index >= 15 is 0 Å². The number of nitrogens with two attached hydrogens (primary N) is 2. The van der Waals surface area contributed by atoms with E-state index in [0.29, 0.717) is 16.7 Å². The molecule has 0 fully saturated rings. The summed E-state index contributed by atoms with van der Waals surface area (Å²) in [6, 6.07) is 27.2. The Balaban J connectivity index is 0.000000301. The first-order valence-electron chi connectivity index (χ1n) is 13.4. The summed E-state index contributed by atoms with van der Waals surface area (Å²) in [4.78, 5) is 0. The maximum absolute atomic E-state index is 6.28. The third-order valence-corrected chi connectivity index (χ3v) is 9.55. The number of amidine groups is 2. The van der Waals surface area contributed by atoms with Gasteiger partial charge in [-0.05, 0) is 0 Å². The Labute approximate surface area is 250 Å². The number of benzene rings is 3. The van der Waals surface area contributed by atoms with Crippen LogP contribution in [0.3, 0.4) is 0 Å². The van der Waals surface area contributed by atoms with Crippen LogP contribution >= 0.6 is 0 Å². The Morgan fingerprint density at radius 3 is 0.953 bits per heavy atom. The standard InChI is InChI=1S/C21H15N3O6Si.2C4H10N2/c1-4-10-16(11-5-1)19-22-28-31(25-19,26-20(23-29-31)17-12-6-2-7-13-17)27-21(24-30-31)18-14-8-3-9-15-18;2*1-4(5)6(2)3/h1-15H;2*5H,1-3H3/q-2;;/p+2. The quantitative estimate of drug-likeness (QED) is 0.200. The fraction of sp³-hybridized carbons (Fsp3) is 0.207. The first-order chi connectivity index (χ1) is 20.4. The summed E-state index contributed by atoms with van der Waals surface area (Å²) in [5.74, 6) is 1.85. The van der Waals surface area contributed by atoms with Crippen molar-refractivity contribution in [1.29, 1.82) is 0 Å². The molecule has 1 spiro atoms. The molecule has 0 atom stereocenters. The van der Waals surface area contributed by atoms with Crippen LogP contribution in [0.2, 0.25) is 0 Å². The molecule has 6 rings (SSSR count). The summed E-state index contributed by atoms with van der Waals surface area (Å²) in [5.41, 5.74) is 12.4. The van der Waals surface area contributed by atoms with Crippen LogP contribution in [-0.2, 0) is 26.9 Å². The van der Waals surface area contributed by atoms with Gasteiger partial charge in [0.25, 0.3) is 0 Å². The third-order valence-electron chi connectivity index (χ3n) is 6.33. The Bertz CT molecular complexity index is 1420. The van der Waals surface area contributed by atoms with E-state index in [4.69, 9.17) is 38.3 Å². The van der Waals surface area contributed by atoms with Crippen LogP contribution in [-0.4, -0.2) is 74.8 Å². The predicted octanol–water partition coefficient (Wildman–Crippen LogP) is 2.82. The molecule has 0 saturated heterocycles. The van der Waals surface area contributed by atoms with E-state index < -0.39 is 8.09 Å². The SMILES string of the molecule is CC(N)=[N+](C)C.CC(N)=[N+](C)C.c1ccc(C2=NO[Si-2]34(ON=C(c5ccccc5)O3)(ON=C(c3ccccc3)O4)O2)cc1. The van der Waals surface area contributed by atoms with Crippen molar-refractivity contribution in [3.8, 4) is 0 Å². The van der Waals surface area contributed by atoms with Crippen molar-refractivity contribution in [2.75, 3.05) is 28.2 Å². The number of hydrogen-bond donors (Lipinski definition) is 2. The molecule has 3 aliphatic rings. The van der Waals surface area contributed by atoms with E-state index in [0.717, 1.165) is 11.7 Å². The van der Waals surface area contributed by atoms with Crippen LogP contribution in [0.5, 0.6) is 0 Å². The topological polar surface area (TPSA) is 151 Å². The van der Waals surface area contributed by atoms with Gasteiger partial charge in [0.05, 0.1) is 28.2 Å². The molecule has 0 unspecified atom stereocenters. The van der Waals surface area contributed by atoms with E-state index in [-0.39, 0.29) is 17.7 Å². The molecule has 13 nitrogen and oxygen atoms in total. The molecule has 4 N–H and O–H groups in total. The second-order valence-corrected chi connectivity index (χ2v) is 13.8. The molecule has 3 heterocycles. The van der Waals surface area contributed by atoms with Gasteiger partial charge in [-0.2, -0.15) is 0 Å². The Kier molecular flexibility index (Phi) is 8.17. The van der Waals surface area contributed by atoms with Crippen LogP contribution < -0.4 is 11.5 Å². The Morgan fingerprint density at radius 1 is 0.512 bits per heavy atom. The van der Waals surface area contributed by atoms with Gasteiger partial charge in [0.15, 0.2) is 0 Å². The van der Waals surface area contributed by atoms with E-state index in [1.165, 1.54) is 0 Å². The average molecular weight is 608 g/mol. The van der Waals surface area contributed by atoms with Crippen molar-refractivity contribution in [2.45, 2.75) is 13.8 Å². The second kappa shape index (κ2) is 11.5. The number of nitrogens with zero attached hydrogens (tertiary/aromatic N) is 5. The summed E-state index contributed by atoms with van der Waals surface area (Å²) >= 11 is 0. The molecule has 3 aliphatic heterocycles. The Hall–Kier alpha value is -5.37. The minimum absolute atomic E-state index is 0.0547. The first kappa shape index (κ1) is 30.6. The van der Waals surface area contributed by atoms with Gasteiger partial charge in [-0.25, -0.2) is 0 Å². The molecule has 0 aliphatic carbocycles. The normalized spacial score (nSPS) is 18.8. The average Bonchev–Trinajstić information content (AvgIpc) is 3.68. The van der Waals surface area contributed by atoms with Gasteiger partial charge in [0.2, 0.25) is 11.7 Å². The minimum atomic E-state index is -6.28. The van der Waals surface area contributed by atoms with Gasteiger partial charge in [0, 0.05) is 13.8 Å². The van der Waals surface area contributed by atoms with E-state index in [1.54, 1.807) is 36.4 Å². The zero-order chi connectivity index (χ0) is 31.2. The molecule has 0 aromatic heterocycles. The monoisotopic (exact) mass is 607 g/mol.